The van der Waals surface area contributed by atoms with E-state index in [0.29, 0.717) is 19.0 Å². The van der Waals surface area contributed by atoms with Gasteiger partial charge in [0.05, 0.1) is 6.04 Å². The van der Waals surface area contributed by atoms with Crippen molar-refractivity contribution < 1.29 is 9.18 Å². The van der Waals surface area contributed by atoms with Gasteiger partial charge < -0.3 is 10.6 Å². The van der Waals surface area contributed by atoms with E-state index in [1.807, 2.05) is 0 Å². The van der Waals surface area contributed by atoms with Crippen LogP contribution in [-0.2, 0) is 4.79 Å². The van der Waals surface area contributed by atoms with E-state index in [4.69, 9.17) is 0 Å². The van der Waals surface area contributed by atoms with Gasteiger partial charge in [-0.3, -0.25) is 4.79 Å². The van der Waals surface area contributed by atoms with E-state index < -0.39 is 6.17 Å². The molecule has 80 valence electrons. The van der Waals surface area contributed by atoms with Crippen molar-refractivity contribution in [1.82, 2.24) is 10.6 Å². The minimum Gasteiger partial charge on any atom is -0.352 e. The van der Waals surface area contributed by atoms with Crippen LogP contribution in [0.25, 0.3) is 0 Å². The highest BCUT2D eigenvalue weighted by molar-refractivity contribution is 5.82. The number of nitrogens with one attached hydrogen (secondary N) is 2. The highest BCUT2D eigenvalue weighted by Crippen LogP contribution is 2.26. The molecule has 1 aliphatic heterocycles. The summed E-state index contributed by atoms with van der Waals surface area (Å²) in [4.78, 5) is 11.6. The molecule has 2 fully saturated rings. The fourth-order valence-electron chi connectivity index (χ4n) is 2.21. The second-order valence-electron chi connectivity index (χ2n) is 4.58. The molecule has 0 aromatic heterocycles. The van der Waals surface area contributed by atoms with Crippen molar-refractivity contribution >= 4 is 5.91 Å². The molecule has 1 saturated carbocycles. The van der Waals surface area contributed by atoms with E-state index in [0.717, 1.165) is 18.8 Å². The zero-order valence-electron chi connectivity index (χ0n) is 8.42. The van der Waals surface area contributed by atoms with Gasteiger partial charge in [-0.05, 0) is 18.8 Å². The quantitative estimate of drug-likeness (QED) is 0.685. The number of amides is 1. The number of halogens is 1. The lowest BCUT2D eigenvalue weighted by molar-refractivity contribution is -0.124. The number of carbonyl (C=O) groups excluding carboxylic acids is 1. The summed E-state index contributed by atoms with van der Waals surface area (Å²) in [7, 11) is 0. The van der Waals surface area contributed by atoms with Crippen LogP contribution in [0.3, 0.4) is 0 Å². The Bertz CT molecular complexity index is 228. The molecule has 2 atom stereocenters. The highest BCUT2D eigenvalue weighted by Gasteiger charge is 2.33. The van der Waals surface area contributed by atoms with E-state index in [1.54, 1.807) is 0 Å². The molecular formula is C10H17FN2O. The molecule has 3 nitrogen and oxygen atoms in total. The van der Waals surface area contributed by atoms with Crippen molar-refractivity contribution in [3.8, 4) is 0 Å². The Hall–Kier alpha value is -0.640. The summed E-state index contributed by atoms with van der Waals surface area (Å²) in [6.45, 7) is 2.49. The Balaban J connectivity index is 1.73. The van der Waals surface area contributed by atoms with Gasteiger partial charge in [0, 0.05) is 19.0 Å². The van der Waals surface area contributed by atoms with Crippen LogP contribution in [0.5, 0.6) is 0 Å². The Morgan fingerprint density at radius 2 is 2.14 bits per heavy atom. The van der Waals surface area contributed by atoms with Gasteiger partial charge >= 0.3 is 0 Å². The average molecular weight is 200 g/mol. The molecule has 2 rings (SSSR count). The molecule has 0 unspecified atom stereocenters. The minimum absolute atomic E-state index is 0.0259. The van der Waals surface area contributed by atoms with Crippen LogP contribution < -0.4 is 10.6 Å². The summed E-state index contributed by atoms with van der Waals surface area (Å²) >= 11 is 0. The average Bonchev–Trinajstić information content (AvgIpc) is 2.49. The Kier molecular flexibility index (Phi) is 2.72. The Morgan fingerprint density at radius 1 is 1.43 bits per heavy atom. The third-order valence-corrected chi connectivity index (χ3v) is 3.11. The lowest BCUT2D eigenvalue weighted by atomic mass is 9.82. The topological polar surface area (TPSA) is 41.1 Å². The molecule has 1 aliphatic carbocycles. The molecule has 2 N–H and O–H groups in total. The molecule has 0 radical (unpaired) electrons. The number of hydrogen-bond acceptors (Lipinski definition) is 2. The third kappa shape index (κ3) is 2.05. The van der Waals surface area contributed by atoms with Gasteiger partial charge in [0.1, 0.15) is 6.17 Å². The molecule has 1 heterocycles. The van der Waals surface area contributed by atoms with E-state index in [2.05, 4.69) is 17.6 Å². The molecule has 4 heteroatoms. The number of hydrogen-bond donors (Lipinski definition) is 2. The normalized spacial score (nSPS) is 41.9. The number of carbonyl (C=O) groups is 1. The lowest BCUT2D eigenvalue weighted by Crippen LogP contribution is -2.49. The van der Waals surface area contributed by atoms with Crippen LogP contribution >= 0.6 is 0 Å². The Morgan fingerprint density at radius 3 is 2.64 bits per heavy atom. The van der Waals surface area contributed by atoms with Crippen LogP contribution in [0.15, 0.2) is 0 Å². The molecule has 0 aromatic carbocycles. The van der Waals surface area contributed by atoms with Crippen LogP contribution in [-0.4, -0.2) is 30.7 Å². The summed E-state index contributed by atoms with van der Waals surface area (Å²) in [5, 5.41) is 5.83. The van der Waals surface area contributed by atoms with Crippen LogP contribution in [0.1, 0.15) is 26.2 Å². The molecule has 2 aliphatic rings. The molecule has 0 spiro atoms. The lowest BCUT2D eigenvalue weighted by Gasteiger charge is -2.33. The van der Waals surface area contributed by atoms with Crippen molar-refractivity contribution in [2.45, 2.75) is 44.4 Å². The van der Waals surface area contributed by atoms with Crippen molar-refractivity contribution in [3.63, 3.8) is 0 Å². The van der Waals surface area contributed by atoms with Crippen molar-refractivity contribution in [2.75, 3.05) is 6.54 Å². The van der Waals surface area contributed by atoms with Gasteiger partial charge in [0.15, 0.2) is 0 Å². The monoisotopic (exact) mass is 200 g/mol. The standard InChI is InChI=1S/C10H17FN2O/c1-6-2-8(3-6)13-10(14)9-4-7(11)5-12-9/h6-9,12H,2-5H2,1H3,(H,13,14)/t6?,7-,8?,9+/m0/s1. The van der Waals surface area contributed by atoms with Crippen LogP contribution in [0.4, 0.5) is 4.39 Å². The first-order valence-corrected chi connectivity index (χ1v) is 5.33. The first-order valence-electron chi connectivity index (χ1n) is 5.33. The predicted molar refractivity (Wildman–Crippen MR) is 51.6 cm³/mol. The summed E-state index contributed by atoms with van der Waals surface area (Å²) in [5.74, 6) is 0.702. The second kappa shape index (κ2) is 3.85. The van der Waals surface area contributed by atoms with Gasteiger partial charge in [0.25, 0.3) is 0 Å². The second-order valence-corrected chi connectivity index (χ2v) is 4.58. The van der Waals surface area contributed by atoms with Crippen LogP contribution in [0.2, 0.25) is 0 Å². The number of alkyl halides is 1. The van der Waals surface area contributed by atoms with Crippen molar-refractivity contribution in [3.05, 3.63) is 0 Å². The molecule has 1 amide bonds. The highest BCUT2D eigenvalue weighted by atomic mass is 19.1. The van der Waals surface area contributed by atoms with Gasteiger partial charge in [0.2, 0.25) is 5.91 Å². The largest absolute Gasteiger partial charge is 0.352 e. The first-order chi connectivity index (χ1) is 6.65. The summed E-state index contributed by atoms with van der Waals surface area (Å²) in [5.41, 5.74) is 0. The maximum Gasteiger partial charge on any atom is 0.237 e. The van der Waals surface area contributed by atoms with E-state index >= 15 is 0 Å². The Labute approximate surface area is 83.4 Å². The van der Waals surface area contributed by atoms with Crippen molar-refractivity contribution in [2.24, 2.45) is 5.92 Å². The zero-order chi connectivity index (χ0) is 10.1. The predicted octanol–water partition coefficient (Wildman–Crippen LogP) is 0.601. The van der Waals surface area contributed by atoms with Crippen molar-refractivity contribution in [1.29, 1.82) is 0 Å². The molecular weight excluding hydrogens is 183 g/mol. The molecule has 14 heavy (non-hydrogen) atoms. The minimum atomic E-state index is -0.855. The smallest absolute Gasteiger partial charge is 0.237 e. The summed E-state index contributed by atoms with van der Waals surface area (Å²) in [6, 6.07) is 0.0267. The molecule has 0 bridgehead atoms. The first kappa shape index (κ1) is 9.90. The zero-order valence-corrected chi connectivity index (χ0v) is 8.42. The summed E-state index contributed by atoms with van der Waals surface area (Å²) < 4.78 is 12.8. The van der Waals surface area contributed by atoms with E-state index in [-0.39, 0.29) is 11.9 Å². The van der Waals surface area contributed by atoms with Gasteiger partial charge in [-0.15, -0.1) is 0 Å². The van der Waals surface area contributed by atoms with Gasteiger partial charge in [-0.25, -0.2) is 4.39 Å². The summed E-state index contributed by atoms with van der Waals surface area (Å²) in [6.07, 6.45) is 1.61. The van der Waals surface area contributed by atoms with E-state index in [1.165, 1.54) is 0 Å². The van der Waals surface area contributed by atoms with E-state index in [9.17, 15) is 9.18 Å². The molecule has 0 aromatic rings. The van der Waals surface area contributed by atoms with Gasteiger partial charge in [-0.1, -0.05) is 6.92 Å². The molecule has 1 saturated heterocycles. The fraction of sp³-hybridized carbons (Fsp3) is 0.900. The third-order valence-electron chi connectivity index (χ3n) is 3.11. The maximum atomic E-state index is 12.8. The fourth-order valence-corrected chi connectivity index (χ4v) is 2.21. The maximum absolute atomic E-state index is 12.8. The van der Waals surface area contributed by atoms with Gasteiger partial charge in [-0.2, -0.15) is 0 Å². The number of rotatable bonds is 2. The van der Waals surface area contributed by atoms with Crippen LogP contribution in [0, 0.1) is 5.92 Å². The SMILES string of the molecule is CC1CC(NC(=O)[C@H]2C[C@H](F)CN2)C1.